The van der Waals surface area contributed by atoms with Gasteiger partial charge in [0.2, 0.25) is 0 Å². The minimum atomic E-state index is -1.05. The number of rotatable bonds is 2. The summed E-state index contributed by atoms with van der Waals surface area (Å²) in [6.45, 7) is 0. The van der Waals surface area contributed by atoms with Crippen LogP contribution in [0.1, 0.15) is 10.4 Å². The van der Waals surface area contributed by atoms with Crippen molar-refractivity contribution >= 4 is 44.8 Å². The SMILES string of the molecule is Nc1c(F)cc(C(=O)Nc2c(Cl)cc(F)cc2Br)cc1F. The topological polar surface area (TPSA) is 55.1 Å². The number of amides is 1. The fourth-order valence-corrected chi connectivity index (χ4v) is 2.46. The second-order valence-corrected chi connectivity index (χ2v) is 5.31. The van der Waals surface area contributed by atoms with Crippen LogP contribution in [-0.2, 0) is 0 Å². The molecule has 2 aromatic carbocycles. The first-order chi connectivity index (χ1) is 9.79. The monoisotopic (exact) mass is 378 g/mol. The molecule has 2 rings (SSSR count). The Kier molecular flexibility index (Phi) is 4.43. The van der Waals surface area contributed by atoms with E-state index >= 15 is 0 Å². The lowest BCUT2D eigenvalue weighted by Gasteiger charge is -2.10. The molecule has 0 bridgehead atoms. The van der Waals surface area contributed by atoms with Gasteiger partial charge in [0.15, 0.2) is 0 Å². The van der Waals surface area contributed by atoms with E-state index in [2.05, 4.69) is 21.2 Å². The van der Waals surface area contributed by atoms with E-state index in [1.54, 1.807) is 0 Å². The molecule has 0 heterocycles. The predicted molar refractivity (Wildman–Crippen MR) is 77.8 cm³/mol. The summed E-state index contributed by atoms with van der Waals surface area (Å²) >= 11 is 8.83. The highest BCUT2D eigenvalue weighted by molar-refractivity contribution is 9.10. The van der Waals surface area contributed by atoms with Gasteiger partial charge < -0.3 is 11.1 Å². The molecule has 2 aromatic rings. The lowest BCUT2D eigenvalue weighted by molar-refractivity contribution is 0.102. The third-order valence-corrected chi connectivity index (χ3v) is 3.51. The average molecular weight is 380 g/mol. The van der Waals surface area contributed by atoms with Crippen molar-refractivity contribution in [2.45, 2.75) is 0 Å². The number of hydrogen-bond acceptors (Lipinski definition) is 2. The Morgan fingerprint density at radius 2 is 1.71 bits per heavy atom. The highest BCUT2D eigenvalue weighted by Crippen LogP contribution is 2.32. The quantitative estimate of drug-likeness (QED) is 0.762. The van der Waals surface area contributed by atoms with Crippen molar-refractivity contribution in [3.05, 3.63) is 56.8 Å². The van der Waals surface area contributed by atoms with Gasteiger partial charge in [-0.1, -0.05) is 11.6 Å². The highest BCUT2D eigenvalue weighted by atomic mass is 79.9. The second-order valence-electron chi connectivity index (χ2n) is 4.05. The molecule has 0 radical (unpaired) electrons. The zero-order valence-electron chi connectivity index (χ0n) is 10.2. The summed E-state index contributed by atoms with van der Waals surface area (Å²) in [5, 5.41) is 2.27. The third kappa shape index (κ3) is 3.30. The standard InChI is InChI=1S/C13H7BrClF3N2O/c14-7-3-6(16)4-8(15)12(7)20-13(21)5-1-9(17)11(19)10(18)2-5/h1-4H,19H2,(H,20,21). The van der Waals surface area contributed by atoms with Crippen molar-refractivity contribution in [1.82, 2.24) is 0 Å². The molecule has 0 aliphatic rings. The van der Waals surface area contributed by atoms with Crippen LogP contribution in [0.25, 0.3) is 0 Å². The van der Waals surface area contributed by atoms with Gasteiger partial charge in [-0.15, -0.1) is 0 Å². The number of nitrogens with two attached hydrogens (primary N) is 1. The zero-order chi connectivity index (χ0) is 15.7. The van der Waals surface area contributed by atoms with Crippen molar-refractivity contribution in [3.8, 4) is 0 Å². The Labute approximate surface area is 131 Å². The number of carbonyl (C=O) groups is 1. The Bertz CT molecular complexity index is 693. The van der Waals surface area contributed by atoms with E-state index in [-0.39, 0.29) is 20.7 Å². The van der Waals surface area contributed by atoms with Crippen molar-refractivity contribution in [2.75, 3.05) is 11.1 Å². The van der Waals surface area contributed by atoms with Crippen LogP contribution in [0.2, 0.25) is 5.02 Å². The number of nitrogens with one attached hydrogen (secondary N) is 1. The first-order valence-electron chi connectivity index (χ1n) is 5.50. The number of hydrogen-bond donors (Lipinski definition) is 2. The number of anilines is 2. The number of halogens is 5. The molecule has 0 aliphatic carbocycles. The summed E-state index contributed by atoms with van der Waals surface area (Å²) in [4.78, 5) is 12.0. The van der Waals surface area contributed by atoms with Crippen molar-refractivity contribution < 1.29 is 18.0 Å². The van der Waals surface area contributed by atoms with Crippen LogP contribution in [0.3, 0.4) is 0 Å². The van der Waals surface area contributed by atoms with Crippen molar-refractivity contribution in [1.29, 1.82) is 0 Å². The van der Waals surface area contributed by atoms with E-state index in [0.29, 0.717) is 0 Å². The molecule has 0 unspecified atom stereocenters. The van der Waals surface area contributed by atoms with Crippen LogP contribution in [0, 0.1) is 17.5 Å². The maximum atomic E-state index is 13.3. The third-order valence-electron chi connectivity index (χ3n) is 2.59. The minimum Gasteiger partial charge on any atom is -0.394 e. The molecule has 3 nitrogen and oxygen atoms in total. The van der Waals surface area contributed by atoms with Gasteiger partial charge in [0.05, 0.1) is 10.7 Å². The summed E-state index contributed by atoms with van der Waals surface area (Å²) in [6, 6.07) is 3.66. The van der Waals surface area contributed by atoms with Crippen molar-refractivity contribution in [3.63, 3.8) is 0 Å². The molecule has 0 saturated carbocycles. The van der Waals surface area contributed by atoms with Gasteiger partial charge in [-0.2, -0.15) is 0 Å². The van der Waals surface area contributed by atoms with Crippen LogP contribution in [0.15, 0.2) is 28.7 Å². The zero-order valence-corrected chi connectivity index (χ0v) is 12.5. The lowest BCUT2D eigenvalue weighted by atomic mass is 10.1. The molecule has 1 amide bonds. The Hall–Kier alpha value is -1.73. The van der Waals surface area contributed by atoms with Gasteiger partial charge in [0.1, 0.15) is 23.1 Å². The van der Waals surface area contributed by atoms with Crippen LogP contribution in [0.4, 0.5) is 24.5 Å². The summed E-state index contributed by atoms with van der Waals surface area (Å²) in [6.07, 6.45) is 0. The van der Waals surface area contributed by atoms with Crippen molar-refractivity contribution in [2.24, 2.45) is 0 Å². The second kappa shape index (κ2) is 5.95. The van der Waals surface area contributed by atoms with Crippen LogP contribution in [-0.4, -0.2) is 5.91 Å². The molecule has 8 heteroatoms. The summed E-state index contributed by atoms with van der Waals surface area (Å²) in [5.41, 5.74) is 4.24. The molecule has 0 atom stereocenters. The molecule has 21 heavy (non-hydrogen) atoms. The predicted octanol–water partition coefficient (Wildman–Crippen LogP) is 4.35. The smallest absolute Gasteiger partial charge is 0.255 e. The van der Waals surface area contributed by atoms with Crippen LogP contribution < -0.4 is 11.1 Å². The number of benzene rings is 2. The molecule has 0 aromatic heterocycles. The molecule has 0 saturated heterocycles. The van der Waals surface area contributed by atoms with E-state index < -0.39 is 29.0 Å². The van der Waals surface area contributed by atoms with E-state index in [1.807, 2.05) is 0 Å². The van der Waals surface area contributed by atoms with Gasteiger partial charge in [-0.25, -0.2) is 13.2 Å². The average Bonchev–Trinajstić information content (AvgIpc) is 2.39. The van der Waals surface area contributed by atoms with E-state index in [9.17, 15) is 18.0 Å². The molecular weight excluding hydrogens is 373 g/mol. The van der Waals surface area contributed by atoms with E-state index in [4.69, 9.17) is 17.3 Å². The first kappa shape index (κ1) is 15.7. The summed E-state index contributed by atoms with van der Waals surface area (Å²) < 4.78 is 39.9. The Morgan fingerprint density at radius 1 is 1.14 bits per heavy atom. The van der Waals surface area contributed by atoms with Gasteiger partial charge in [-0.3, -0.25) is 4.79 Å². The highest BCUT2D eigenvalue weighted by Gasteiger charge is 2.16. The van der Waals surface area contributed by atoms with Gasteiger partial charge in [0, 0.05) is 10.0 Å². The summed E-state index contributed by atoms with van der Waals surface area (Å²) in [5.74, 6) is -3.52. The number of nitrogen functional groups attached to an aromatic ring is 1. The van der Waals surface area contributed by atoms with Crippen LogP contribution in [0.5, 0.6) is 0 Å². The van der Waals surface area contributed by atoms with Gasteiger partial charge in [0.25, 0.3) is 5.91 Å². The normalized spacial score (nSPS) is 10.5. The largest absolute Gasteiger partial charge is 0.394 e. The van der Waals surface area contributed by atoms with E-state index in [1.165, 1.54) is 0 Å². The van der Waals surface area contributed by atoms with Gasteiger partial charge >= 0.3 is 0 Å². The fraction of sp³-hybridized carbons (Fsp3) is 0. The summed E-state index contributed by atoms with van der Waals surface area (Å²) in [7, 11) is 0. The van der Waals surface area contributed by atoms with Gasteiger partial charge in [-0.05, 0) is 40.2 Å². The van der Waals surface area contributed by atoms with E-state index in [0.717, 1.165) is 24.3 Å². The Balaban J connectivity index is 2.35. The number of carbonyl (C=O) groups excluding carboxylic acids is 1. The maximum absolute atomic E-state index is 13.3. The first-order valence-corrected chi connectivity index (χ1v) is 6.67. The lowest BCUT2D eigenvalue weighted by Crippen LogP contribution is -2.14. The Morgan fingerprint density at radius 3 is 2.24 bits per heavy atom. The fourth-order valence-electron chi connectivity index (χ4n) is 1.56. The van der Waals surface area contributed by atoms with Crippen LogP contribution >= 0.6 is 27.5 Å². The molecular formula is C13H7BrClF3N2O. The molecule has 3 N–H and O–H groups in total. The minimum absolute atomic E-state index is 0.0633. The molecule has 0 fully saturated rings. The molecule has 0 spiro atoms. The maximum Gasteiger partial charge on any atom is 0.255 e. The molecule has 0 aliphatic heterocycles. The molecule has 110 valence electrons.